The Balaban J connectivity index is 0.000000368. The zero-order valence-electron chi connectivity index (χ0n) is 49.1. The fourth-order valence-corrected chi connectivity index (χ4v) is 9.20. The standard InChI is InChI=1S/C22H36N3.C19H29N3.C14H19N3.C10H11N3.3BrH/c1-2-3-4-5-6-7-8-9-10-11-12-16-19-25-21-24(20-23-25)22-17-14-13-15-18-22;1-2-3-4-5-6-7-8-9-13-16-22-17-19(20-21-22)18-14-11-10-12-15-18;1-2-3-4-8-11-17-12-14(15-16-17)13-9-6-5-7-10-13;1-2-13-8-10(11-12-13)9-6-4-3-5-7-9;;;/h13-15,17-18,20-21H,2-12,16,19H2,1H3;10-12,14-15,17H,2-9,13,16H2,1H3;5-7,9-10,12H,2-4,8,11H2,1H3;3-8H,2H2,1H3;3*1H/q+1;;;;;;. The van der Waals surface area contributed by atoms with Crippen LogP contribution in [0, 0.1) is 0 Å². The number of benzene rings is 4. The summed E-state index contributed by atoms with van der Waals surface area (Å²) >= 11 is 0. The van der Waals surface area contributed by atoms with Crippen LogP contribution in [-0.4, -0.2) is 40.7 Å². The molecule has 0 saturated carbocycles. The highest BCUT2D eigenvalue weighted by molar-refractivity contribution is 5.57. The molecule has 0 saturated heterocycles. The summed E-state index contributed by atoms with van der Waals surface area (Å²) in [5, 5.41) is 26.4. The number of unbranched alkanes of at least 4 members (excludes halogenated alkanes) is 22. The van der Waals surface area contributed by atoms with Gasteiger partial charge in [-0.2, -0.15) is 14.0 Å². The van der Waals surface area contributed by atoms with Gasteiger partial charge >= 0.3 is 0 Å². The molecule has 15 heteroatoms. The molecular weight excluding hydrogens is 1190 g/mol. The lowest BCUT2D eigenvalue weighted by atomic mass is 10.1. The summed E-state index contributed by atoms with van der Waals surface area (Å²) in [6.07, 6.45) is 44.3. The molecule has 0 spiro atoms. The van der Waals surface area contributed by atoms with Crippen molar-refractivity contribution in [2.24, 2.45) is 0 Å². The molecule has 438 valence electrons. The lowest BCUT2D eigenvalue weighted by molar-refractivity contribution is -0.753. The number of aromatic nitrogens is 12. The first-order valence-electron chi connectivity index (χ1n) is 30.1. The minimum absolute atomic E-state index is 0. The van der Waals surface area contributed by atoms with Crippen LogP contribution < -0.4 is 69.6 Å². The topological polar surface area (TPSA) is 119 Å². The Morgan fingerprint density at radius 3 is 1.04 bits per heavy atom. The van der Waals surface area contributed by atoms with E-state index in [0.717, 1.165) is 54.4 Å². The van der Waals surface area contributed by atoms with Crippen molar-refractivity contribution in [3.63, 3.8) is 0 Å². The van der Waals surface area contributed by atoms with E-state index in [1.54, 1.807) is 0 Å². The van der Waals surface area contributed by atoms with Gasteiger partial charge in [-0.05, 0) is 51.2 Å². The normalized spacial score (nSPS) is 10.4. The first-order valence-corrected chi connectivity index (χ1v) is 30.1. The maximum absolute atomic E-state index is 4.46. The number of rotatable bonds is 33. The summed E-state index contributed by atoms with van der Waals surface area (Å²) in [6.45, 7) is 12.9. The highest BCUT2D eigenvalue weighted by Crippen LogP contribution is 2.17. The molecule has 80 heavy (non-hydrogen) atoms. The van der Waals surface area contributed by atoms with E-state index in [4.69, 9.17) is 0 Å². The third kappa shape index (κ3) is 30.1. The first-order chi connectivity index (χ1) is 38.1. The number of aryl methyl sites for hydroxylation is 4. The van der Waals surface area contributed by atoms with Crippen LogP contribution in [0.2, 0.25) is 0 Å². The van der Waals surface area contributed by atoms with Gasteiger partial charge in [-0.15, -0.1) is 4.68 Å². The Hall–Kier alpha value is -5.12. The molecule has 0 unspecified atom stereocenters. The minimum atomic E-state index is 0. The molecule has 0 atom stereocenters. The molecule has 0 aliphatic rings. The molecule has 8 rings (SSSR count). The van der Waals surface area contributed by atoms with Crippen LogP contribution in [0.15, 0.2) is 153 Å². The molecule has 12 nitrogen and oxygen atoms in total. The van der Waals surface area contributed by atoms with Gasteiger partial charge in [0, 0.05) is 37.1 Å². The van der Waals surface area contributed by atoms with Gasteiger partial charge in [-0.1, -0.05) is 274 Å². The van der Waals surface area contributed by atoms with Crippen molar-refractivity contribution >= 4 is 0 Å². The maximum Gasteiger partial charge on any atom is 0.270 e. The van der Waals surface area contributed by atoms with Gasteiger partial charge in [0.25, 0.3) is 6.33 Å². The van der Waals surface area contributed by atoms with Crippen molar-refractivity contribution in [1.29, 1.82) is 0 Å². The third-order valence-electron chi connectivity index (χ3n) is 13.9. The van der Waals surface area contributed by atoms with Gasteiger partial charge < -0.3 is 50.9 Å². The van der Waals surface area contributed by atoms with Gasteiger partial charge in [-0.25, -0.2) is 4.57 Å². The van der Waals surface area contributed by atoms with Gasteiger partial charge in [0.05, 0.1) is 0 Å². The summed E-state index contributed by atoms with van der Waals surface area (Å²) in [4.78, 5) is 0. The van der Waals surface area contributed by atoms with E-state index in [9.17, 15) is 0 Å². The van der Waals surface area contributed by atoms with Crippen LogP contribution in [0.5, 0.6) is 0 Å². The Kier molecular flexibility index (Phi) is 41.2. The Bertz CT molecular complexity index is 2600. The van der Waals surface area contributed by atoms with Crippen molar-refractivity contribution < 1.29 is 69.6 Å². The molecule has 0 aliphatic carbocycles. The van der Waals surface area contributed by atoms with Crippen LogP contribution in [-0.2, 0) is 26.2 Å². The fourth-order valence-electron chi connectivity index (χ4n) is 9.20. The summed E-state index contributed by atoms with van der Waals surface area (Å²) < 4.78 is 10.3. The second kappa shape index (κ2) is 46.5. The van der Waals surface area contributed by atoms with Crippen LogP contribution in [0.3, 0.4) is 0 Å². The average molecular weight is 1290 g/mol. The summed E-state index contributed by atoms with van der Waals surface area (Å²) in [6, 6.07) is 41.1. The molecule has 0 aliphatic heterocycles. The summed E-state index contributed by atoms with van der Waals surface area (Å²) in [7, 11) is 0. The monoisotopic (exact) mass is 1280 g/mol. The second-order valence-electron chi connectivity index (χ2n) is 20.5. The SMILES string of the molecule is CCCCCCCCCCCCCCn1c[n+](-c2ccccc2)cn1.CCCCCCCCCCC[n+]1cc(-c2ccccc2)n[nH]1.CCCCCC[n+]1cc(-c2ccccc2)n[nH]1.CC[n+]1cc(-c2ccccc2)n[nH]1.[Br-].[Br-].[Br-]. The molecule has 4 aromatic carbocycles. The van der Waals surface area contributed by atoms with Crippen molar-refractivity contribution in [3.05, 3.63) is 153 Å². The Labute approximate surface area is 513 Å². The van der Waals surface area contributed by atoms with E-state index in [0.29, 0.717) is 0 Å². The number of hydrogen-bond donors (Lipinski definition) is 3. The van der Waals surface area contributed by atoms with E-state index >= 15 is 0 Å². The van der Waals surface area contributed by atoms with Crippen LogP contribution in [0.25, 0.3) is 39.5 Å². The van der Waals surface area contributed by atoms with Crippen molar-refractivity contribution in [1.82, 2.24) is 40.7 Å². The molecule has 0 fully saturated rings. The predicted octanol–water partition coefficient (Wildman–Crippen LogP) is 6.10. The molecular formula is C65H98Br3N12+. The first kappa shape index (κ1) is 71.0. The zero-order valence-corrected chi connectivity index (χ0v) is 53.9. The quantitative estimate of drug-likeness (QED) is 0.0341. The highest BCUT2D eigenvalue weighted by Gasteiger charge is 2.13. The van der Waals surface area contributed by atoms with E-state index < -0.39 is 0 Å². The van der Waals surface area contributed by atoms with Crippen LogP contribution in [0.1, 0.15) is 188 Å². The minimum Gasteiger partial charge on any atom is -1.00 e. The average Bonchev–Trinajstić information content (AvgIpc) is 4.35. The summed E-state index contributed by atoms with van der Waals surface area (Å²) in [5.74, 6) is 0. The maximum atomic E-state index is 4.46. The van der Waals surface area contributed by atoms with Crippen LogP contribution in [0.4, 0.5) is 0 Å². The molecule has 4 heterocycles. The van der Waals surface area contributed by atoms with Crippen molar-refractivity contribution in [3.8, 4) is 39.5 Å². The van der Waals surface area contributed by atoms with Crippen molar-refractivity contribution in [2.45, 2.75) is 214 Å². The highest BCUT2D eigenvalue weighted by atomic mass is 79.9. The smallest absolute Gasteiger partial charge is 0.270 e. The number of nitrogens with one attached hydrogen (secondary N) is 3. The number of aromatic amines is 3. The number of nitrogens with zero attached hydrogens (tertiary/aromatic N) is 9. The molecule has 4 aromatic heterocycles. The Morgan fingerprint density at radius 2 is 0.675 bits per heavy atom. The number of halogens is 3. The molecule has 0 amide bonds. The number of H-pyrrole nitrogens is 3. The predicted molar refractivity (Wildman–Crippen MR) is 315 cm³/mol. The lowest BCUT2D eigenvalue weighted by Gasteiger charge is -2.02. The third-order valence-corrected chi connectivity index (χ3v) is 13.9. The van der Waals surface area contributed by atoms with Crippen molar-refractivity contribution in [2.75, 3.05) is 0 Å². The van der Waals surface area contributed by atoms with Gasteiger partial charge in [0.1, 0.15) is 31.9 Å². The molecule has 0 radical (unpaired) electrons. The second-order valence-corrected chi connectivity index (χ2v) is 20.5. The largest absolute Gasteiger partial charge is 1.00 e. The molecule has 0 bridgehead atoms. The number of hydrogen-bond acceptors (Lipinski definition) is 4. The number of para-hydroxylation sites is 1. The Morgan fingerprint density at radius 1 is 0.362 bits per heavy atom. The zero-order chi connectivity index (χ0) is 54.1. The molecule has 8 aromatic rings. The van der Waals surface area contributed by atoms with Gasteiger partial charge in [0.2, 0.25) is 23.4 Å². The fraction of sp³-hybridized carbons (Fsp3) is 0.508. The van der Waals surface area contributed by atoms with E-state index in [1.165, 1.54) is 172 Å². The van der Waals surface area contributed by atoms with Gasteiger partial charge in [-0.3, -0.25) is 0 Å². The molecule has 3 N–H and O–H groups in total. The summed E-state index contributed by atoms with van der Waals surface area (Å²) in [5.41, 5.74) is 7.68. The van der Waals surface area contributed by atoms with Gasteiger partial charge in [0.15, 0.2) is 18.6 Å². The lowest BCUT2D eigenvalue weighted by Crippen LogP contribution is -3.00. The van der Waals surface area contributed by atoms with E-state index in [-0.39, 0.29) is 50.9 Å². The van der Waals surface area contributed by atoms with E-state index in [2.05, 4.69) is 174 Å². The van der Waals surface area contributed by atoms with E-state index in [1.807, 2.05) is 65.7 Å². The van der Waals surface area contributed by atoms with Crippen LogP contribution >= 0.6 is 0 Å².